The molecule has 0 amide bonds. The van der Waals surface area contributed by atoms with Crippen LogP contribution in [0.1, 0.15) is 348 Å². The van der Waals surface area contributed by atoms with E-state index in [0.717, 1.165) is 122 Å². The zero-order valence-electron chi connectivity index (χ0n) is 54.2. The van der Waals surface area contributed by atoms with E-state index in [1.54, 1.807) is 0 Å². The highest BCUT2D eigenvalue weighted by Gasteiger charge is 2.19. The smallest absolute Gasteiger partial charge is 0.306 e. The van der Waals surface area contributed by atoms with Crippen LogP contribution < -0.4 is 0 Å². The van der Waals surface area contributed by atoms with Gasteiger partial charge in [0, 0.05) is 19.3 Å². The van der Waals surface area contributed by atoms with Gasteiger partial charge < -0.3 is 14.2 Å². The van der Waals surface area contributed by atoms with Crippen molar-refractivity contribution in [2.24, 2.45) is 0 Å². The lowest BCUT2D eigenvalue weighted by molar-refractivity contribution is -0.167. The Labute approximate surface area is 508 Å². The minimum atomic E-state index is -0.792. The maximum Gasteiger partial charge on any atom is 0.306 e. The largest absolute Gasteiger partial charge is 0.462 e. The van der Waals surface area contributed by atoms with Crippen LogP contribution >= 0.6 is 0 Å². The molecule has 0 radical (unpaired) electrons. The summed E-state index contributed by atoms with van der Waals surface area (Å²) < 4.78 is 17.0. The van der Waals surface area contributed by atoms with Crippen LogP contribution in [0.25, 0.3) is 0 Å². The van der Waals surface area contributed by atoms with E-state index >= 15 is 0 Å². The van der Waals surface area contributed by atoms with Gasteiger partial charge in [0.1, 0.15) is 13.2 Å². The monoisotopic (exact) mass is 1140 g/mol. The van der Waals surface area contributed by atoms with Crippen LogP contribution in [0.2, 0.25) is 0 Å². The molecule has 1 unspecified atom stereocenters. The first-order chi connectivity index (χ1) is 40.5. The molecule has 472 valence electrons. The number of carbonyl (C=O) groups is 3. The molecule has 6 heteroatoms. The molecule has 0 N–H and O–H groups in total. The van der Waals surface area contributed by atoms with Crippen LogP contribution in [0.15, 0.2) is 97.2 Å². The van der Waals surface area contributed by atoms with Crippen molar-refractivity contribution < 1.29 is 28.6 Å². The number of hydrogen-bond acceptors (Lipinski definition) is 6. The fraction of sp³-hybridized carbons (Fsp3) is 0.750. The molecule has 0 heterocycles. The molecule has 0 aromatic heterocycles. The molecule has 0 saturated heterocycles. The van der Waals surface area contributed by atoms with Gasteiger partial charge in [-0.2, -0.15) is 0 Å². The second-order valence-electron chi connectivity index (χ2n) is 23.4. The van der Waals surface area contributed by atoms with Gasteiger partial charge in [0.15, 0.2) is 6.10 Å². The van der Waals surface area contributed by atoms with E-state index in [1.165, 1.54) is 186 Å². The Hall–Kier alpha value is -3.67. The Morgan fingerprint density at radius 2 is 0.451 bits per heavy atom. The fourth-order valence-corrected chi connectivity index (χ4v) is 9.95. The van der Waals surface area contributed by atoms with Crippen molar-refractivity contribution >= 4 is 17.9 Å². The summed E-state index contributed by atoms with van der Waals surface area (Å²) in [7, 11) is 0. The van der Waals surface area contributed by atoms with E-state index in [0.29, 0.717) is 19.3 Å². The van der Waals surface area contributed by atoms with Gasteiger partial charge in [-0.1, -0.05) is 304 Å². The third kappa shape index (κ3) is 67.1. The second kappa shape index (κ2) is 69.8. The van der Waals surface area contributed by atoms with Gasteiger partial charge in [-0.25, -0.2) is 0 Å². The Balaban J connectivity index is 4.26. The van der Waals surface area contributed by atoms with Crippen molar-refractivity contribution in [1.82, 2.24) is 0 Å². The highest BCUT2D eigenvalue weighted by Crippen LogP contribution is 2.17. The third-order valence-corrected chi connectivity index (χ3v) is 15.3. The molecular formula is C76H132O6. The van der Waals surface area contributed by atoms with Gasteiger partial charge in [-0.3, -0.25) is 14.4 Å². The highest BCUT2D eigenvalue weighted by molar-refractivity contribution is 5.71. The number of allylic oxidation sites excluding steroid dienone is 16. The SMILES string of the molecule is CCCC/C=C\C/C=C\CCCCCCCC(=O)OCC(COC(=O)CCCCCCCCCCCCCCCCCC/C=C\C/C=C\C/C=C\CCCCCCC)OC(=O)CCCCCCCC/C=C\C/C=C\C/C=C\CCCCC. The van der Waals surface area contributed by atoms with Crippen LogP contribution in [0, 0.1) is 0 Å². The minimum absolute atomic E-state index is 0.0858. The molecule has 0 aromatic carbocycles. The summed E-state index contributed by atoms with van der Waals surface area (Å²) in [4.78, 5) is 38.4. The van der Waals surface area contributed by atoms with Crippen molar-refractivity contribution in [3.63, 3.8) is 0 Å². The summed E-state index contributed by atoms with van der Waals surface area (Å²) in [6.07, 6.45) is 94.3. The molecule has 82 heavy (non-hydrogen) atoms. The molecule has 0 aliphatic rings. The molecule has 0 spiro atoms. The fourth-order valence-electron chi connectivity index (χ4n) is 9.95. The maximum atomic E-state index is 12.9. The number of carbonyl (C=O) groups excluding carboxylic acids is 3. The standard InChI is InChI=1S/C76H132O6/c1-4-7-10-13-16-19-22-25-28-30-32-33-34-35-36-37-38-39-40-41-42-43-45-46-48-51-54-57-60-63-66-69-75(78)81-72-73(71-80-74(77)68-65-62-59-56-53-50-27-24-21-18-15-12-9-6-3)82-76(79)70-67-64-61-58-55-52-49-47-44-31-29-26-23-20-17-14-11-8-5-2/h15,17-18,20,22,24-27,29-30,32,34-35,44,47,73H,4-14,16,19,21,23,28,31,33,36-43,45-46,48-72H2,1-3H3/b18-15-,20-17-,25-22-,27-24-,29-26-,32-30-,35-34-,47-44-. The number of ether oxygens (including phenoxy) is 3. The summed E-state index contributed by atoms with van der Waals surface area (Å²) in [5.41, 5.74) is 0. The Morgan fingerprint density at radius 1 is 0.244 bits per heavy atom. The lowest BCUT2D eigenvalue weighted by Crippen LogP contribution is -2.30. The Kier molecular flexibility index (Phi) is 66.7. The number of unbranched alkanes of at least 4 members (excludes halogenated alkanes) is 37. The predicted molar refractivity (Wildman–Crippen MR) is 357 cm³/mol. The molecule has 1 atom stereocenters. The van der Waals surface area contributed by atoms with Crippen molar-refractivity contribution in [3.05, 3.63) is 97.2 Å². The summed E-state index contributed by atoms with van der Waals surface area (Å²) in [5.74, 6) is -0.900. The first kappa shape index (κ1) is 78.3. The zero-order chi connectivity index (χ0) is 59.2. The molecule has 6 nitrogen and oxygen atoms in total. The Bertz CT molecular complexity index is 1590. The predicted octanol–water partition coefficient (Wildman–Crippen LogP) is 24.4. The van der Waals surface area contributed by atoms with E-state index < -0.39 is 6.10 Å². The van der Waals surface area contributed by atoms with Crippen molar-refractivity contribution in [3.8, 4) is 0 Å². The van der Waals surface area contributed by atoms with Crippen LogP contribution in [0.5, 0.6) is 0 Å². The summed E-state index contributed by atoms with van der Waals surface area (Å²) in [6.45, 7) is 6.57. The molecule has 0 aromatic rings. The number of rotatable bonds is 64. The van der Waals surface area contributed by atoms with E-state index in [1.807, 2.05) is 0 Å². The van der Waals surface area contributed by atoms with Crippen molar-refractivity contribution in [1.29, 1.82) is 0 Å². The summed E-state index contributed by atoms with van der Waals surface area (Å²) in [5, 5.41) is 0. The van der Waals surface area contributed by atoms with Gasteiger partial charge in [0.05, 0.1) is 0 Å². The number of esters is 3. The molecule has 0 fully saturated rings. The van der Waals surface area contributed by atoms with E-state index in [4.69, 9.17) is 14.2 Å². The lowest BCUT2D eigenvalue weighted by Gasteiger charge is -2.18. The quantitative estimate of drug-likeness (QED) is 0.0261. The average molecular weight is 1140 g/mol. The minimum Gasteiger partial charge on any atom is -0.462 e. The van der Waals surface area contributed by atoms with Crippen molar-refractivity contribution in [2.45, 2.75) is 354 Å². The van der Waals surface area contributed by atoms with Crippen LogP contribution in [0.3, 0.4) is 0 Å². The molecular weight excluding hydrogens is 1010 g/mol. The van der Waals surface area contributed by atoms with Gasteiger partial charge >= 0.3 is 17.9 Å². The van der Waals surface area contributed by atoms with Gasteiger partial charge in [0.2, 0.25) is 0 Å². The van der Waals surface area contributed by atoms with Gasteiger partial charge in [0.25, 0.3) is 0 Å². The van der Waals surface area contributed by atoms with Gasteiger partial charge in [-0.15, -0.1) is 0 Å². The van der Waals surface area contributed by atoms with Gasteiger partial charge in [-0.05, 0) is 122 Å². The van der Waals surface area contributed by atoms with E-state index in [2.05, 4.69) is 118 Å². The lowest BCUT2D eigenvalue weighted by atomic mass is 10.0. The first-order valence-electron chi connectivity index (χ1n) is 35.2. The molecule has 0 aliphatic heterocycles. The highest BCUT2D eigenvalue weighted by atomic mass is 16.6. The van der Waals surface area contributed by atoms with Crippen molar-refractivity contribution in [2.75, 3.05) is 13.2 Å². The van der Waals surface area contributed by atoms with E-state index in [9.17, 15) is 14.4 Å². The molecule has 0 aliphatic carbocycles. The molecule has 0 saturated carbocycles. The first-order valence-corrected chi connectivity index (χ1v) is 35.2. The zero-order valence-corrected chi connectivity index (χ0v) is 54.2. The van der Waals surface area contributed by atoms with E-state index in [-0.39, 0.29) is 31.1 Å². The Morgan fingerprint density at radius 3 is 0.744 bits per heavy atom. The normalized spacial score (nSPS) is 12.7. The topological polar surface area (TPSA) is 78.9 Å². The third-order valence-electron chi connectivity index (χ3n) is 15.3. The number of hydrogen-bond donors (Lipinski definition) is 0. The van der Waals surface area contributed by atoms with Crippen LogP contribution in [0.4, 0.5) is 0 Å². The summed E-state index contributed by atoms with van der Waals surface area (Å²) in [6, 6.07) is 0. The van der Waals surface area contributed by atoms with Crippen LogP contribution in [-0.4, -0.2) is 37.2 Å². The average Bonchev–Trinajstić information content (AvgIpc) is 3.47. The second-order valence-corrected chi connectivity index (χ2v) is 23.4. The molecule has 0 rings (SSSR count). The maximum absolute atomic E-state index is 12.9. The van der Waals surface area contributed by atoms with Crippen LogP contribution in [-0.2, 0) is 28.6 Å². The summed E-state index contributed by atoms with van der Waals surface area (Å²) >= 11 is 0. The molecule has 0 bridgehead atoms.